The molecule has 0 radical (unpaired) electrons. The third-order valence-electron chi connectivity index (χ3n) is 10.2. The number of carbonyl (C=O) groups is 1. The van der Waals surface area contributed by atoms with Gasteiger partial charge in [0.1, 0.15) is 24.1 Å². The normalized spacial score (nSPS) is 26.8. The van der Waals surface area contributed by atoms with Gasteiger partial charge in [-0.2, -0.15) is 4.98 Å². The van der Waals surface area contributed by atoms with Crippen LogP contribution in [0.1, 0.15) is 32.7 Å². The number of rotatable bonds is 5. The Hall–Kier alpha value is -3.54. The molecule has 2 bridgehead atoms. The molecule has 4 aliphatic heterocycles. The molecule has 12 heteroatoms. The van der Waals surface area contributed by atoms with Gasteiger partial charge in [-0.1, -0.05) is 18.2 Å². The lowest BCUT2D eigenvalue weighted by molar-refractivity contribution is -0.128. The van der Waals surface area contributed by atoms with Gasteiger partial charge < -0.3 is 14.5 Å². The fraction of sp³-hybridized carbons (Fsp3) is 0.485. The predicted octanol–water partition coefficient (Wildman–Crippen LogP) is 4.32. The molecule has 2 unspecified atom stereocenters. The van der Waals surface area contributed by atoms with Crippen molar-refractivity contribution in [2.75, 3.05) is 51.3 Å². The molecule has 0 spiro atoms. The van der Waals surface area contributed by atoms with Gasteiger partial charge in [-0.25, -0.2) is 13.6 Å². The Morgan fingerprint density at radius 1 is 1.11 bits per heavy atom. The summed E-state index contributed by atoms with van der Waals surface area (Å²) >= 11 is 6.90. The third kappa shape index (κ3) is 4.99. The zero-order chi connectivity index (χ0) is 31.7. The molecule has 1 amide bonds. The van der Waals surface area contributed by atoms with Crippen molar-refractivity contribution in [2.45, 2.75) is 56.9 Å². The molecule has 1 aromatic heterocycles. The smallest absolute Gasteiger partial charge is 0.350 e. The number of hydrogen-bond acceptors (Lipinski definition) is 7. The van der Waals surface area contributed by atoms with Crippen LogP contribution in [-0.2, 0) is 4.79 Å². The number of aromatic nitrogens is 2. The Morgan fingerprint density at radius 3 is 2.53 bits per heavy atom. The maximum atomic E-state index is 15.2. The first-order chi connectivity index (χ1) is 21.5. The van der Waals surface area contributed by atoms with E-state index in [9.17, 15) is 14.0 Å². The van der Waals surface area contributed by atoms with E-state index in [0.717, 1.165) is 32.0 Å². The second-order valence-electron chi connectivity index (χ2n) is 12.9. The van der Waals surface area contributed by atoms with E-state index in [1.807, 2.05) is 18.7 Å². The number of halogens is 3. The summed E-state index contributed by atoms with van der Waals surface area (Å²) in [7, 11) is 2.19. The molecule has 2 aromatic carbocycles. The second kappa shape index (κ2) is 11.4. The van der Waals surface area contributed by atoms with E-state index in [1.165, 1.54) is 18.2 Å². The van der Waals surface area contributed by atoms with Crippen molar-refractivity contribution in [3.05, 3.63) is 64.1 Å². The van der Waals surface area contributed by atoms with E-state index in [-0.39, 0.29) is 52.5 Å². The van der Waals surface area contributed by atoms with Crippen LogP contribution in [0.15, 0.2) is 41.7 Å². The summed E-state index contributed by atoms with van der Waals surface area (Å²) in [6.07, 6.45) is 3.64. The number of hydrogen-bond donors (Lipinski definition) is 0. The minimum absolute atomic E-state index is 0.0864. The van der Waals surface area contributed by atoms with E-state index in [0.29, 0.717) is 48.4 Å². The van der Waals surface area contributed by atoms with Gasteiger partial charge in [0.05, 0.1) is 16.6 Å². The number of likely N-dealkylation sites (tertiary alicyclic amines) is 1. The highest BCUT2D eigenvalue weighted by Crippen LogP contribution is 2.47. The molecular weight excluding hydrogens is 602 g/mol. The molecule has 7 rings (SSSR count). The van der Waals surface area contributed by atoms with Crippen LogP contribution in [0.3, 0.4) is 0 Å². The lowest BCUT2D eigenvalue weighted by atomic mass is 9.99. The van der Waals surface area contributed by atoms with Crippen molar-refractivity contribution >= 4 is 34.2 Å². The van der Waals surface area contributed by atoms with E-state index in [4.69, 9.17) is 16.3 Å². The molecule has 0 saturated carbocycles. The minimum Gasteiger partial charge on any atom is -0.488 e. The van der Waals surface area contributed by atoms with Crippen LogP contribution < -0.4 is 15.3 Å². The Morgan fingerprint density at radius 2 is 1.84 bits per heavy atom. The summed E-state index contributed by atoms with van der Waals surface area (Å²) in [4.78, 5) is 40.0. The van der Waals surface area contributed by atoms with Gasteiger partial charge in [0.15, 0.2) is 5.75 Å². The molecule has 0 N–H and O–H groups in total. The number of likely N-dealkylation sites (N-methyl/N-ethyl adjacent to an activating group) is 1. The SMILES string of the molecule is C=CC(=O)N1C[C@H](C)N(c2nc(=O)n3c4c(c(-c5ccc(F)cc5F)c(Cl)cc24)OC[C@@H]3CN2CC3CCC(C2)N3C)C[C@H]1C. The van der Waals surface area contributed by atoms with E-state index in [1.54, 1.807) is 15.5 Å². The summed E-state index contributed by atoms with van der Waals surface area (Å²) in [5.41, 5.74) is 0.418. The number of fused-ring (bicyclic) bond motifs is 2. The fourth-order valence-electron chi connectivity index (χ4n) is 7.85. The zero-order valence-electron chi connectivity index (χ0n) is 25.7. The third-order valence-corrected chi connectivity index (χ3v) is 10.5. The minimum atomic E-state index is -0.778. The monoisotopic (exact) mass is 638 g/mol. The zero-order valence-corrected chi connectivity index (χ0v) is 26.4. The fourth-order valence-corrected chi connectivity index (χ4v) is 8.15. The molecule has 0 aliphatic carbocycles. The van der Waals surface area contributed by atoms with Crippen molar-refractivity contribution < 1.29 is 18.3 Å². The molecule has 4 aliphatic rings. The van der Waals surface area contributed by atoms with Crippen molar-refractivity contribution in [2.24, 2.45) is 0 Å². The lowest BCUT2D eigenvalue weighted by Crippen LogP contribution is -2.58. The Balaban J connectivity index is 1.38. The lowest BCUT2D eigenvalue weighted by Gasteiger charge is -2.45. The summed E-state index contributed by atoms with van der Waals surface area (Å²) < 4.78 is 37.3. The van der Waals surface area contributed by atoms with Crippen LogP contribution >= 0.6 is 11.6 Å². The van der Waals surface area contributed by atoms with Crippen LogP contribution in [0.5, 0.6) is 5.75 Å². The number of benzene rings is 2. The van der Waals surface area contributed by atoms with Gasteiger partial charge in [0.25, 0.3) is 0 Å². The molecule has 3 saturated heterocycles. The first-order valence-electron chi connectivity index (χ1n) is 15.6. The first kappa shape index (κ1) is 30.1. The summed E-state index contributed by atoms with van der Waals surface area (Å²) in [6.45, 7) is 11.0. The van der Waals surface area contributed by atoms with Crippen LogP contribution in [0, 0.1) is 11.6 Å². The van der Waals surface area contributed by atoms with E-state index in [2.05, 4.69) is 28.4 Å². The van der Waals surface area contributed by atoms with Crippen LogP contribution in [-0.4, -0.2) is 101 Å². The van der Waals surface area contributed by atoms with Gasteiger partial charge in [0.2, 0.25) is 5.91 Å². The summed E-state index contributed by atoms with van der Waals surface area (Å²) in [6, 6.07) is 5.34. The molecule has 3 aromatic rings. The van der Waals surface area contributed by atoms with Gasteiger partial charge in [-0.3, -0.25) is 19.2 Å². The number of nitrogens with zero attached hydrogens (tertiary/aromatic N) is 6. The first-order valence-corrected chi connectivity index (χ1v) is 15.9. The van der Waals surface area contributed by atoms with Crippen molar-refractivity contribution in [1.29, 1.82) is 0 Å². The topological polar surface area (TPSA) is 74.1 Å². The Bertz CT molecular complexity index is 1750. The highest BCUT2D eigenvalue weighted by Gasteiger charge is 2.40. The Labute approximate surface area is 265 Å². The van der Waals surface area contributed by atoms with E-state index < -0.39 is 17.3 Å². The average molecular weight is 639 g/mol. The quantitative estimate of drug-likeness (QED) is 0.386. The maximum absolute atomic E-state index is 15.2. The molecule has 5 heterocycles. The molecular formula is C33H37ClF2N6O3. The molecule has 45 heavy (non-hydrogen) atoms. The highest BCUT2D eigenvalue weighted by molar-refractivity contribution is 6.35. The number of amides is 1. The number of carbonyl (C=O) groups excluding carboxylic acids is 1. The standard InChI is InChI=1S/C33H37ClF2N6O3/c1-5-28(43)40-12-19(3)41(13-18(40)2)32-25-11-26(34)29(24-9-6-20(35)10-27(24)36)31-30(25)42(33(44)37-32)23(17-45-31)16-39-14-21-7-8-22(15-39)38(21)4/h5-6,9-11,18-19,21-23H,1,7-8,12-17H2,2-4H3/t18-,19+,21?,22?,23+/m1/s1. The van der Waals surface area contributed by atoms with Crippen LogP contribution in [0.25, 0.3) is 22.0 Å². The van der Waals surface area contributed by atoms with Crippen molar-refractivity contribution in [3.63, 3.8) is 0 Å². The second-order valence-corrected chi connectivity index (χ2v) is 13.4. The summed E-state index contributed by atoms with van der Waals surface area (Å²) in [5.74, 6) is -0.919. The van der Waals surface area contributed by atoms with Crippen LogP contribution in [0.4, 0.5) is 14.6 Å². The maximum Gasteiger partial charge on any atom is 0.350 e. The number of piperazine rings is 2. The van der Waals surface area contributed by atoms with Gasteiger partial charge in [-0.05, 0) is 58.0 Å². The van der Waals surface area contributed by atoms with E-state index >= 15 is 4.39 Å². The summed E-state index contributed by atoms with van der Waals surface area (Å²) in [5, 5.41) is 0.804. The van der Waals surface area contributed by atoms with Gasteiger partial charge >= 0.3 is 5.69 Å². The average Bonchev–Trinajstić information content (AvgIpc) is 3.20. The molecule has 238 valence electrons. The number of ether oxygens (including phenoxy) is 1. The number of anilines is 1. The Kier molecular flexibility index (Phi) is 7.61. The highest BCUT2D eigenvalue weighted by atomic mass is 35.5. The van der Waals surface area contributed by atoms with Gasteiger partial charge in [0, 0.05) is 79.5 Å². The van der Waals surface area contributed by atoms with Crippen molar-refractivity contribution in [3.8, 4) is 16.9 Å². The molecule has 3 fully saturated rings. The largest absolute Gasteiger partial charge is 0.488 e. The van der Waals surface area contributed by atoms with Crippen LogP contribution in [0.2, 0.25) is 5.02 Å². The molecule has 9 nitrogen and oxygen atoms in total. The van der Waals surface area contributed by atoms with Crippen molar-refractivity contribution in [1.82, 2.24) is 24.3 Å². The predicted molar refractivity (Wildman–Crippen MR) is 170 cm³/mol. The molecule has 5 atom stereocenters. The van der Waals surface area contributed by atoms with Gasteiger partial charge in [-0.15, -0.1) is 0 Å².